The van der Waals surface area contributed by atoms with Crippen LogP contribution in [0.3, 0.4) is 0 Å². The summed E-state index contributed by atoms with van der Waals surface area (Å²) in [5, 5.41) is 12.3. The van der Waals surface area contributed by atoms with E-state index in [2.05, 4.69) is 15.6 Å². The molecule has 5 rings (SSSR count). The summed E-state index contributed by atoms with van der Waals surface area (Å²) in [6.07, 6.45) is 4.49. The lowest BCUT2D eigenvalue weighted by Crippen LogP contribution is -2.05. The number of thiazole rings is 1. The molecule has 1 aromatic carbocycles. The second kappa shape index (κ2) is 8.96. The maximum atomic E-state index is 11.6. The number of nitrogens with zero attached hydrogens (tertiary/aromatic N) is 4. The van der Waals surface area contributed by atoms with Crippen LogP contribution in [0, 0.1) is 0 Å². The van der Waals surface area contributed by atoms with Crippen molar-refractivity contribution >= 4 is 39.8 Å². The van der Waals surface area contributed by atoms with E-state index in [1.807, 2.05) is 54.2 Å². The van der Waals surface area contributed by atoms with E-state index in [0.29, 0.717) is 10.2 Å². The Kier molecular flexibility index (Phi) is 5.86. The summed E-state index contributed by atoms with van der Waals surface area (Å²) in [7, 11) is 0. The zero-order chi connectivity index (χ0) is 22.9. The third kappa shape index (κ3) is 4.12. The van der Waals surface area contributed by atoms with Gasteiger partial charge in [0.2, 0.25) is 5.91 Å². The van der Waals surface area contributed by atoms with Crippen molar-refractivity contribution < 1.29 is 4.79 Å². The zero-order valence-electron chi connectivity index (χ0n) is 18.4. The first-order valence-corrected chi connectivity index (χ1v) is 12.1. The Morgan fingerprint density at radius 1 is 1.21 bits per heavy atom. The Morgan fingerprint density at radius 3 is 2.79 bits per heavy atom. The second-order valence-corrected chi connectivity index (χ2v) is 9.24. The number of carbonyl (C=O) groups excluding carboxylic acids is 1. The lowest BCUT2D eigenvalue weighted by atomic mass is 10.0. The zero-order valence-corrected chi connectivity index (χ0v) is 19.9. The molecule has 3 aromatic heterocycles. The van der Waals surface area contributed by atoms with Gasteiger partial charge in [0.1, 0.15) is 5.82 Å². The summed E-state index contributed by atoms with van der Waals surface area (Å²) in [5.74, 6) is 0.703. The fraction of sp³-hybridized carbons (Fsp3) is 0.250. The number of rotatable bonds is 5. The molecule has 7 nitrogen and oxygen atoms in total. The van der Waals surface area contributed by atoms with E-state index >= 15 is 0 Å². The maximum Gasteiger partial charge on any atom is 0.223 e. The van der Waals surface area contributed by atoms with E-state index in [0.717, 1.165) is 70.4 Å². The minimum Gasteiger partial charge on any atom is -0.370 e. The highest BCUT2D eigenvalue weighted by Gasteiger charge is 2.29. The summed E-state index contributed by atoms with van der Waals surface area (Å²) < 4.78 is 1.92. The number of benzene rings is 1. The number of para-hydroxylation sites is 1. The monoisotopic (exact) mass is 478 g/mol. The first-order chi connectivity index (χ1) is 16.0. The molecule has 0 aliphatic heterocycles. The number of pyridine rings is 1. The first-order valence-electron chi connectivity index (χ1n) is 10.9. The van der Waals surface area contributed by atoms with E-state index in [-0.39, 0.29) is 5.91 Å². The van der Waals surface area contributed by atoms with E-state index in [9.17, 15) is 4.79 Å². The van der Waals surface area contributed by atoms with Crippen molar-refractivity contribution in [2.24, 2.45) is 0 Å². The molecule has 4 aromatic rings. The van der Waals surface area contributed by atoms with Crippen LogP contribution in [0.1, 0.15) is 31.5 Å². The van der Waals surface area contributed by atoms with E-state index in [1.165, 1.54) is 18.3 Å². The normalized spacial score (nSPS) is 12.6. The fourth-order valence-corrected chi connectivity index (χ4v) is 5.44. The van der Waals surface area contributed by atoms with Gasteiger partial charge in [0.15, 0.2) is 5.13 Å². The number of aryl methyl sites for hydroxylation is 1. The highest BCUT2D eigenvalue weighted by molar-refractivity contribution is 7.19. The topological polar surface area (TPSA) is 84.7 Å². The van der Waals surface area contributed by atoms with Crippen molar-refractivity contribution in [3.05, 3.63) is 58.9 Å². The summed E-state index contributed by atoms with van der Waals surface area (Å²) in [5.41, 5.74) is 5.75. The number of carbonyl (C=O) groups is 1. The number of amides is 1. The highest BCUT2D eigenvalue weighted by atomic mass is 35.5. The smallest absolute Gasteiger partial charge is 0.223 e. The van der Waals surface area contributed by atoms with Crippen LogP contribution in [0.15, 0.2) is 42.6 Å². The number of hydrogen-bond acceptors (Lipinski definition) is 6. The molecule has 33 heavy (non-hydrogen) atoms. The molecule has 0 bridgehead atoms. The van der Waals surface area contributed by atoms with Crippen molar-refractivity contribution in [3.8, 4) is 27.5 Å². The second-order valence-electron chi connectivity index (χ2n) is 7.83. The van der Waals surface area contributed by atoms with E-state index in [4.69, 9.17) is 21.7 Å². The molecule has 0 unspecified atom stereocenters. The molecule has 0 saturated carbocycles. The summed E-state index contributed by atoms with van der Waals surface area (Å²) >= 11 is 8.08. The van der Waals surface area contributed by atoms with Gasteiger partial charge in [0.25, 0.3) is 0 Å². The third-order valence-corrected chi connectivity index (χ3v) is 6.83. The maximum absolute atomic E-state index is 11.6. The van der Waals surface area contributed by atoms with Gasteiger partial charge in [-0.1, -0.05) is 35.1 Å². The van der Waals surface area contributed by atoms with Gasteiger partial charge in [-0.05, 0) is 50.5 Å². The van der Waals surface area contributed by atoms with Gasteiger partial charge in [-0.3, -0.25) is 4.79 Å². The molecule has 1 aliphatic rings. The molecule has 2 N–H and O–H groups in total. The van der Waals surface area contributed by atoms with Crippen LogP contribution in [0.2, 0.25) is 5.02 Å². The van der Waals surface area contributed by atoms with Gasteiger partial charge in [0.05, 0.1) is 32.7 Å². The molecule has 1 aliphatic carbocycles. The van der Waals surface area contributed by atoms with Crippen LogP contribution in [0.5, 0.6) is 0 Å². The molecule has 9 heteroatoms. The third-order valence-electron chi connectivity index (χ3n) is 5.49. The van der Waals surface area contributed by atoms with Crippen LogP contribution in [0.4, 0.5) is 10.9 Å². The predicted octanol–water partition coefficient (Wildman–Crippen LogP) is 5.59. The molecular formula is C24H23ClN6OS. The van der Waals surface area contributed by atoms with Gasteiger partial charge in [0, 0.05) is 30.8 Å². The Labute approximate surface area is 200 Å². The Morgan fingerprint density at radius 2 is 2.06 bits per heavy atom. The van der Waals surface area contributed by atoms with E-state index < -0.39 is 0 Å². The van der Waals surface area contributed by atoms with Crippen molar-refractivity contribution in [2.75, 3.05) is 17.2 Å². The van der Waals surface area contributed by atoms with Crippen molar-refractivity contribution in [3.63, 3.8) is 0 Å². The van der Waals surface area contributed by atoms with Gasteiger partial charge >= 0.3 is 0 Å². The van der Waals surface area contributed by atoms with Gasteiger partial charge < -0.3 is 10.6 Å². The molecule has 168 valence electrons. The molecule has 3 heterocycles. The molecule has 0 fully saturated rings. The Bertz CT molecular complexity index is 1330. The van der Waals surface area contributed by atoms with Crippen LogP contribution >= 0.6 is 22.9 Å². The molecular weight excluding hydrogens is 456 g/mol. The largest absolute Gasteiger partial charge is 0.370 e. The van der Waals surface area contributed by atoms with Crippen molar-refractivity contribution in [1.82, 2.24) is 19.7 Å². The standard InChI is InChI=1S/C24H23ClN6OS/c1-3-26-20-12-11-15(13-27-20)21-16-7-6-9-18-23(33-24(29-18)28-14(2)32)22(16)31(30-21)19-10-5-4-8-17(19)25/h4-5,8,10-13H,3,6-7,9H2,1-2H3,(H,26,27)(H,28,29,32). The van der Waals surface area contributed by atoms with Crippen LogP contribution in [0.25, 0.3) is 27.5 Å². The number of aromatic nitrogens is 4. The van der Waals surface area contributed by atoms with Gasteiger partial charge in [-0.15, -0.1) is 0 Å². The molecule has 0 atom stereocenters. The van der Waals surface area contributed by atoms with Crippen molar-refractivity contribution in [2.45, 2.75) is 33.1 Å². The number of fused-ring (bicyclic) bond motifs is 3. The minimum atomic E-state index is -0.133. The molecule has 0 spiro atoms. The Hall–Kier alpha value is -3.23. The number of halogens is 1. The van der Waals surface area contributed by atoms with E-state index in [1.54, 1.807) is 0 Å². The van der Waals surface area contributed by atoms with Crippen LogP contribution in [-0.2, 0) is 17.6 Å². The highest BCUT2D eigenvalue weighted by Crippen LogP contribution is 2.43. The number of nitrogens with one attached hydrogen (secondary N) is 2. The average Bonchev–Trinajstić information content (AvgIpc) is 3.31. The number of anilines is 2. The molecule has 1 amide bonds. The van der Waals surface area contributed by atoms with Crippen molar-refractivity contribution in [1.29, 1.82) is 0 Å². The van der Waals surface area contributed by atoms with Crippen LogP contribution in [-0.4, -0.2) is 32.2 Å². The lowest BCUT2D eigenvalue weighted by Gasteiger charge is -2.09. The number of hydrogen-bond donors (Lipinski definition) is 2. The first kappa shape index (κ1) is 21.6. The fourth-order valence-electron chi connectivity index (χ4n) is 4.11. The summed E-state index contributed by atoms with van der Waals surface area (Å²) in [6.45, 7) is 4.35. The summed E-state index contributed by atoms with van der Waals surface area (Å²) in [4.78, 5) is 21.9. The van der Waals surface area contributed by atoms with Gasteiger partial charge in [-0.2, -0.15) is 5.10 Å². The molecule has 0 saturated heterocycles. The Balaban J connectivity index is 1.73. The summed E-state index contributed by atoms with van der Waals surface area (Å²) in [6, 6.07) is 11.7. The SMILES string of the molecule is CCNc1ccc(-c2nn(-c3ccccc3Cl)c3c2CCCc2nc(NC(C)=O)sc2-3)cn1. The quantitative estimate of drug-likeness (QED) is 0.390. The average molecular weight is 479 g/mol. The van der Waals surface area contributed by atoms with Gasteiger partial charge in [-0.25, -0.2) is 14.6 Å². The minimum absolute atomic E-state index is 0.133. The van der Waals surface area contributed by atoms with Crippen LogP contribution < -0.4 is 10.6 Å². The predicted molar refractivity (Wildman–Crippen MR) is 133 cm³/mol. The lowest BCUT2D eigenvalue weighted by molar-refractivity contribution is -0.114. The molecule has 0 radical (unpaired) electrons.